The highest BCUT2D eigenvalue weighted by atomic mass is 19.1. The quantitative estimate of drug-likeness (QED) is 0.743. The average molecular weight is 209 g/mol. The maximum Gasteiger partial charge on any atom is 0.167 e. The molecule has 0 bridgehead atoms. The first-order valence-corrected chi connectivity index (χ1v) is 5.30. The number of hydrogen-bond acceptors (Lipinski definition) is 2. The molecule has 1 aliphatic rings. The van der Waals surface area contributed by atoms with Crippen LogP contribution in [0.15, 0.2) is 6.07 Å². The smallest absolute Gasteiger partial charge is 0.167 e. The lowest BCUT2D eigenvalue weighted by molar-refractivity contribution is 0.424. The Morgan fingerprint density at radius 2 is 2.20 bits per heavy atom. The van der Waals surface area contributed by atoms with E-state index in [2.05, 4.69) is 5.32 Å². The molecular weight excluding hydrogens is 193 g/mol. The number of aryl methyl sites for hydroxylation is 1. The van der Waals surface area contributed by atoms with Crippen molar-refractivity contribution in [3.05, 3.63) is 28.6 Å². The number of hydrogen-bond donors (Lipinski definition) is 2. The molecule has 0 radical (unpaired) electrons. The van der Waals surface area contributed by atoms with Crippen molar-refractivity contribution < 1.29 is 9.50 Å². The lowest BCUT2D eigenvalue weighted by Crippen LogP contribution is -2.09. The molecule has 0 saturated carbocycles. The zero-order valence-electron chi connectivity index (χ0n) is 9.10. The van der Waals surface area contributed by atoms with Crippen LogP contribution in [0.25, 0.3) is 0 Å². The lowest BCUT2D eigenvalue weighted by atomic mass is 9.92. The Morgan fingerprint density at radius 1 is 1.47 bits per heavy atom. The van der Waals surface area contributed by atoms with Crippen molar-refractivity contribution in [1.82, 2.24) is 5.32 Å². The Labute approximate surface area is 89.1 Å². The van der Waals surface area contributed by atoms with Gasteiger partial charge in [-0.2, -0.15) is 0 Å². The molecule has 1 aromatic carbocycles. The molecule has 1 atom stereocenters. The van der Waals surface area contributed by atoms with Crippen LogP contribution in [0.4, 0.5) is 4.39 Å². The predicted molar refractivity (Wildman–Crippen MR) is 57.8 cm³/mol. The minimum absolute atomic E-state index is 0.183. The van der Waals surface area contributed by atoms with Gasteiger partial charge in [-0.15, -0.1) is 0 Å². The van der Waals surface area contributed by atoms with Gasteiger partial charge in [0.25, 0.3) is 0 Å². The summed E-state index contributed by atoms with van der Waals surface area (Å²) in [5.41, 5.74) is 2.29. The van der Waals surface area contributed by atoms with Crippen LogP contribution < -0.4 is 5.32 Å². The first kappa shape index (κ1) is 10.4. The second-order valence-corrected chi connectivity index (χ2v) is 4.26. The number of phenols is 1. The van der Waals surface area contributed by atoms with Gasteiger partial charge in [-0.3, -0.25) is 0 Å². The molecule has 1 heterocycles. The largest absolute Gasteiger partial charge is 0.505 e. The normalized spacial score (nSPS) is 20.9. The Hall–Kier alpha value is -1.09. The van der Waals surface area contributed by atoms with Gasteiger partial charge in [-0.05, 0) is 49.4 Å². The number of aromatic hydroxyl groups is 1. The lowest BCUT2D eigenvalue weighted by Gasteiger charge is -2.15. The molecule has 1 unspecified atom stereocenters. The highest BCUT2D eigenvalue weighted by Crippen LogP contribution is 2.33. The van der Waals surface area contributed by atoms with Crippen molar-refractivity contribution in [3.63, 3.8) is 0 Å². The van der Waals surface area contributed by atoms with Gasteiger partial charge in [0.05, 0.1) is 0 Å². The topological polar surface area (TPSA) is 32.3 Å². The van der Waals surface area contributed by atoms with Crippen molar-refractivity contribution in [1.29, 1.82) is 0 Å². The van der Waals surface area contributed by atoms with E-state index < -0.39 is 5.82 Å². The second kappa shape index (κ2) is 3.81. The van der Waals surface area contributed by atoms with E-state index in [1.165, 1.54) is 0 Å². The SMILES string of the molecule is Cc1cc(C2CCNC2)c(C)c(O)c1F. The van der Waals surface area contributed by atoms with Gasteiger partial charge in [0, 0.05) is 6.54 Å². The van der Waals surface area contributed by atoms with Crippen molar-refractivity contribution >= 4 is 0 Å². The van der Waals surface area contributed by atoms with Gasteiger partial charge in [0.1, 0.15) is 0 Å². The summed E-state index contributed by atoms with van der Waals surface area (Å²) in [6, 6.07) is 1.86. The Morgan fingerprint density at radius 3 is 2.80 bits per heavy atom. The second-order valence-electron chi connectivity index (χ2n) is 4.26. The Bertz CT molecular complexity index is 384. The van der Waals surface area contributed by atoms with E-state index in [4.69, 9.17) is 0 Å². The van der Waals surface area contributed by atoms with Gasteiger partial charge in [0.2, 0.25) is 0 Å². The van der Waals surface area contributed by atoms with Crippen LogP contribution in [0.5, 0.6) is 5.75 Å². The molecule has 1 saturated heterocycles. The van der Waals surface area contributed by atoms with Gasteiger partial charge >= 0.3 is 0 Å². The van der Waals surface area contributed by atoms with Gasteiger partial charge in [-0.25, -0.2) is 4.39 Å². The molecule has 3 heteroatoms. The fraction of sp³-hybridized carbons (Fsp3) is 0.500. The summed E-state index contributed by atoms with van der Waals surface area (Å²) in [7, 11) is 0. The van der Waals surface area contributed by atoms with Crippen LogP contribution >= 0.6 is 0 Å². The number of nitrogens with one attached hydrogen (secondary N) is 1. The summed E-state index contributed by atoms with van der Waals surface area (Å²) in [6.45, 7) is 5.40. The molecule has 0 aromatic heterocycles. The minimum Gasteiger partial charge on any atom is -0.505 e. The van der Waals surface area contributed by atoms with Crippen molar-refractivity contribution in [2.75, 3.05) is 13.1 Å². The monoisotopic (exact) mass is 209 g/mol. The Balaban J connectivity index is 2.47. The average Bonchev–Trinajstić information content (AvgIpc) is 2.73. The number of benzene rings is 1. The summed E-state index contributed by atoms with van der Waals surface area (Å²) in [5, 5.41) is 12.9. The number of rotatable bonds is 1. The third-order valence-corrected chi connectivity index (χ3v) is 3.21. The molecular formula is C12H16FNO. The minimum atomic E-state index is -0.484. The molecule has 0 spiro atoms. The molecule has 1 fully saturated rings. The summed E-state index contributed by atoms with van der Waals surface area (Å²) in [6.07, 6.45) is 1.06. The van der Waals surface area contributed by atoms with Crippen LogP contribution in [-0.2, 0) is 0 Å². The molecule has 1 aromatic rings. The first-order valence-electron chi connectivity index (χ1n) is 5.30. The molecule has 1 aliphatic heterocycles. The highest BCUT2D eigenvalue weighted by molar-refractivity contribution is 5.45. The van der Waals surface area contributed by atoms with E-state index in [9.17, 15) is 9.50 Å². The van der Waals surface area contributed by atoms with E-state index in [1.807, 2.05) is 6.07 Å². The van der Waals surface area contributed by atoms with Crippen LogP contribution in [0, 0.1) is 19.7 Å². The van der Waals surface area contributed by atoms with Crippen molar-refractivity contribution in [3.8, 4) is 5.75 Å². The van der Waals surface area contributed by atoms with Gasteiger partial charge in [0.15, 0.2) is 11.6 Å². The van der Waals surface area contributed by atoms with Gasteiger partial charge in [-0.1, -0.05) is 6.07 Å². The van der Waals surface area contributed by atoms with E-state index in [1.54, 1.807) is 13.8 Å². The van der Waals surface area contributed by atoms with E-state index >= 15 is 0 Å². The fourth-order valence-electron chi connectivity index (χ4n) is 2.24. The molecule has 15 heavy (non-hydrogen) atoms. The zero-order chi connectivity index (χ0) is 11.0. The molecule has 0 amide bonds. The predicted octanol–water partition coefficient (Wildman–Crippen LogP) is 2.23. The molecule has 2 nitrogen and oxygen atoms in total. The third-order valence-electron chi connectivity index (χ3n) is 3.21. The molecule has 82 valence electrons. The standard InChI is InChI=1S/C12H16FNO/c1-7-5-10(9-3-4-14-6-9)8(2)12(15)11(7)13/h5,9,14-15H,3-4,6H2,1-2H3. The van der Waals surface area contributed by atoms with Gasteiger partial charge < -0.3 is 10.4 Å². The molecule has 0 aliphatic carbocycles. The summed E-state index contributed by atoms with van der Waals surface area (Å²) in [5.74, 6) is -0.255. The molecule has 2 rings (SSSR count). The zero-order valence-corrected chi connectivity index (χ0v) is 9.10. The maximum absolute atomic E-state index is 13.4. The van der Waals surface area contributed by atoms with Crippen LogP contribution in [0.3, 0.4) is 0 Å². The fourth-order valence-corrected chi connectivity index (χ4v) is 2.24. The Kier molecular flexibility index (Phi) is 2.65. The van der Waals surface area contributed by atoms with E-state index in [0.717, 1.165) is 25.1 Å². The maximum atomic E-state index is 13.4. The number of halogens is 1. The first-order chi connectivity index (χ1) is 7.11. The van der Waals surface area contributed by atoms with Crippen LogP contribution in [0.2, 0.25) is 0 Å². The number of phenolic OH excluding ortho intramolecular Hbond substituents is 1. The van der Waals surface area contributed by atoms with Crippen molar-refractivity contribution in [2.24, 2.45) is 0 Å². The molecule has 2 N–H and O–H groups in total. The highest BCUT2D eigenvalue weighted by Gasteiger charge is 2.22. The summed E-state index contributed by atoms with van der Waals surface area (Å²) in [4.78, 5) is 0. The third kappa shape index (κ3) is 1.72. The van der Waals surface area contributed by atoms with E-state index in [-0.39, 0.29) is 5.75 Å². The summed E-state index contributed by atoms with van der Waals surface area (Å²) < 4.78 is 13.4. The van der Waals surface area contributed by atoms with E-state index in [0.29, 0.717) is 17.0 Å². The van der Waals surface area contributed by atoms with Crippen LogP contribution in [0.1, 0.15) is 29.0 Å². The van der Waals surface area contributed by atoms with Crippen molar-refractivity contribution in [2.45, 2.75) is 26.2 Å². The summed E-state index contributed by atoms with van der Waals surface area (Å²) >= 11 is 0. The van der Waals surface area contributed by atoms with Crippen LogP contribution in [-0.4, -0.2) is 18.2 Å².